The number of nitrogens with one attached hydrogen (secondary N) is 2. The smallest absolute Gasteiger partial charge is 0.221 e. The zero-order valence-electron chi connectivity index (χ0n) is 7.89. The molecule has 0 radical (unpaired) electrons. The Labute approximate surface area is 73.9 Å². The quantitative estimate of drug-likeness (QED) is 0.631. The molecule has 0 aromatic rings. The van der Waals surface area contributed by atoms with Crippen LogP contribution in [0.5, 0.6) is 0 Å². The molecule has 2 N–H and O–H groups in total. The van der Waals surface area contributed by atoms with Gasteiger partial charge in [-0.3, -0.25) is 4.79 Å². The van der Waals surface area contributed by atoms with Crippen molar-refractivity contribution < 1.29 is 4.79 Å². The average Bonchev–Trinajstić information content (AvgIpc) is 2.82. The second kappa shape index (κ2) is 4.45. The van der Waals surface area contributed by atoms with Crippen LogP contribution in [0.15, 0.2) is 0 Å². The van der Waals surface area contributed by atoms with E-state index in [1.54, 1.807) is 0 Å². The minimum atomic E-state index is 0.170. The first kappa shape index (κ1) is 9.52. The van der Waals surface area contributed by atoms with Crippen LogP contribution in [0.4, 0.5) is 0 Å². The molecule has 1 unspecified atom stereocenters. The summed E-state index contributed by atoms with van der Waals surface area (Å²) in [5.74, 6) is 0.923. The van der Waals surface area contributed by atoms with Gasteiger partial charge in [-0.05, 0) is 32.7 Å². The molecule has 0 saturated heterocycles. The fraction of sp³-hybridized carbons (Fsp3) is 0.889. The van der Waals surface area contributed by atoms with Crippen molar-refractivity contribution >= 4 is 5.91 Å². The van der Waals surface area contributed by atoms with Crippen molar-refractivity contribution in [3.05, 3.63) is 0 Å². The van der Waals surface area contributed by atoms with E-state index in [9.17, 15) is 4.79 Å². The lowest BCUT2D eigenvalue weighted by Gasteiger charge is -2.12. The molecule has 12 heavy (non-hydrogen) atoms. The molecular weight excluding hydrogens is 152 g/mol. The lowest BCUT2D eigenvalue weighted by molar-refractivity contribution is -0.121. The Bertz CT molecular complexity index is 155. The van der Waals surface area contributed by atoms with Gasteiger partial charge in [0.15, 0.2) is 0 Å². The van der Waals surface area contributed by atoms with E-state index < -0.39 is 0 Å². The molecule has 1 rings (SSSR count). The van der Waals surface area contributed by atoms with Gasteiger partial charge in [-0.15, -0.1) is 0 Å². The Morgan fingerprint density at radius 2 is 2.25 bits per heavy atom. The van der Waals surface area contributed by atoms with Crippen LogP contribution in [0.25, 0.3) is 0 Å². The lowest BCUT2D eigenvalue weighted by Crippen LogP contribution is -2.35. The van der Waals surface area contributed by atoms with Crippen LogP contribution in [-0.2, 0) is 4.79 Å². The highest BCUT2D eigenvalue weighted by Gasteiger charge is 2.28. The third-order valence-electron chi connectivity index (χ3n) is 2.32. The minimum Gasteiger partial charge on any atom is -0.353 e. The molecule has 1 aliphatic rings. The zero-order valence-corrected chi connectivity index (χ0v) is 7.89. The maximum absolute atomic E-state index is 11.2. The summed E-state index contributed by atoms with van der Waals surface area (Å²) in [6.07, 6.45) is 3.16. The van der Waals surface area contributed by atoms with E-state index in [1.165, 1.54) is 12.8 Å². The van der Waals surface area contributed by atoms with E-state index in [0.29, 0.717) is 12.5 Å². The summed E-state index contributed by atoms with van der Waals surface area (Å²) in [5, 5.41) is 5.95. The highest BCUT2D eigenvalue weighted by atomic mass is 16.1. The molecule has 0 aromatic heterocycles. The van der Waals surface area contributed by atoms with Gasteiger partial charge in [0.1, 0.15) is 0 Å². The number of carbonyl (C=O) groups excluding carboxylic acids is 1. The molecular formula is C9H18N2O. The molecule has 1 saturated carbocycles. The number of hydrogen-bond donors (Lipinski definition) is 2. The van der Waals surface area contributed by atoms with Gasteiger partial charge >= 0.3 is 0 Å². The van der Waals surface area contributed by atoms with E-state index >= 15 is 0 Å². The first-order valence-electron chi connectivity index (χ1n) is 4.68. The molecule has 0 aromatic carbocycles. The van der Waals surface area contributed by atoms with E-state index in [4.69, 9.17) is 0 Å². The molecule has 1 aliphatic carbocycles. The van der Waals surface area contributed by atoms with Gasteiger partial charge in [0.2, 0.25) is 5.91 Å². The van der Waals surface area contributed by atoms with Gasteiger partial charge in [-0.2, -0.15) is 0 Å². The predicted molar refractivity (Wildman–Crippen MR) is 48.9 cm³/mol. The summed E-state index contributed by atoms with van der Waals surface area (Å²) < 4.78 is 0. The van der Waals surface area contributed by atoms with Gasteiger partial charge in [0, 0.05) is 19.0 Å². The molecule has 3 nitrogen and oxygen atoms in total. The van der Waals surface area contributed by atoms with Crippen molar-refractivity contribution in [2.45, 2.75) is 32.2 Å². The van der Waals surface area contributed by atoms with E-state index in [1.807, 2.05) is 7.05 Å². The summed E-state index contributed by atoms with van der Waals surface area (Å²) >= 11 is 0. The first-order valence-corrected chi connectivity index (χ1v) is 4.68. The van der Waals surface area contributed by atoms with Crippen molar-refractivity contribution in [3.63, 3.8) is 0 Å². The average molecular weight is 170 g/mol. The second-order valence-corrected chi connectivity index (χ2v) is 3.55. The molecule has 1 amide bonds. The van der Waals surface area contributed by atoms with Crippen molar-refractivity contribution in [1.29, 1.82) is 0 Å². The Morgan fingerprint density at radius 1 is 1.58 bits per heavy atom. The third-order valence-corrected chi connectivity index (χ3v) is 2.32. The maximum atomic E-state index is 11.2. The Morgan fingerprint density at radius 3 is 2.75 bits per heavy atom. The summed E-state index contributed by atoms with van der Waals surface area (Å²) in [6, 6.07) is 0.384. The molecule has 1 fully saturated rings. The monoisotopic (exact) mass is 170 g/mol. The normalized spacial score (nSPS) is 18.8. The van der Waals surface area contributed by atoms with Crippen LogP contribution in [0.2, 0.25) is 0 Å². The van der Waals surface area contributed by atoms with Crippen LogP contribution in [0.3, 0.4) is 0 Å². The van der Waals surface area contributed by atoms with Crippen LogP contribution in [0.1, 0.15) is 26.2 Å². The maximum Gasteiger partial charge on any atom is 0.221 e. The number of amides is 1. The fourth-order valence-corrected chi connectivity index (χ4v) is 1.28. The molecule has 3 heteroatoms. The standard InChI is InChI=1S/C9H18N2O/c1-7(8-3-4-8)11-9(12)5-6-10-2/h7-8,10H,3-6H2,1-2H3,(H,11,12). The summed E-state index contributed by atoms with van der Waals surface area (Å²) in [4.78, 5) is 11.2. The summed E-state index contributed by atoms with van der Waals surface area (Å²) in [5.41, 5.74) is 0. The van der Waals surface area contributed by atoms with E-state index in [0.717, 1.165) is 12.5 Å². The highest BCUT2D eigenvalue weighted by molar-refractivity contribution is 5.76. The summed E-state index contributed by atoms with van der Waals surface area (Å²) in [7, 11) is 1.86. The molecule has 0 aliphatic heterocycles. The lowest BCUT2D eigenvalue weighted by atomic mass is 10.2. The fourth-order valence-electron chi connectivity index (χ4n) is 1.28. The van der Waals surface area contributed by atoms with Crippen molar-refractivity contribution in [3.8, 4) is 0 Å². The Hall–Kier alpha value is -0.570. The van der Waals surface area contributed by atoms with Gasteiger partial charge in [0.25, 0.3) is 0 Å². The Balaban J connectivity index is 2.07. The molecule has 1 atom stereocenters. The van der Waals surface area contributed by atoms with Crippen molar-refractivity contribution in [1.82, 2.24) is 10.6 Å². The number of carbonyl (C=O) groups is 1. The van der Waals surface area contributed by atoms with Gasteiger partial charge in [-0.25, -0.2) is 0 Å². The van der Waals surface area contributed by atoms with Crippen molar-refractivity contribution in [2.75, 3.05) is 13.6 Å². The summed E-state index contributed by atoms with van der Waals surface area (Å²) in [6.45, 7) is 2.86. The SMILES string of the molecule is CNCCC(=O)NC(C)C1CC1. The molecule has 0 heterocycles. The van der Waals surface area contributed by atoms with Crippen LogP contribution in [-0.4, -0.2) is 25.5 Å². The highest BCUT2D eigenvalue weighted by Crippen LogP contribution is 2.32. The number of hydrogen-bond acceptors (Lipinski definition) is 2. The minimum absolute atomic E-state index is 0.170. The molecule has 0 spiro atoms. The van der Waals surface area contributed by atoms with Crippen LogP contribution < -0.4 is 10.6 Å². The number of rotatable bonds is 5. The van der Waals surface area contributed by atoms with E-state index in [2.05, 4.69) is 17.6 Å². The second-order valence-electron chi connectivity index (χ2n) is 3.55. The van der Waals surface area contributed by atoms with Gasteiger partial charge in [-0.1, -0.05) is 0 Å². The van der Waals surface area contributed by atoms with Crippen molar-refractivity contribution in [2.24, 2.45) is 5.92 Å². The van der Waals surface area contributed by atoms with Crippen LogP contribution in [0, 0.1) is 5.92 Å². The van der Waals surface area contributed by atoms with Gasteiger partial charge < -0.3 is 10.6 Å². The predicted octanol–water partition coefficient (Wildman–Crippen LogP) is 0.511. The zero-order chi connectivity index (χ0) is 8.97. The van der Waals surface area contributed by atoms with E-state index in [-0.39, 0.29) is 5.91 Å². The molecule has 70 valence electrons. The Kier molecular flexibility index (Phi) is 3.53. The van der Waals surface area contributed by atoms with Crippen LogP contribution >= 0.6 is 0 Å². The largest absolute Gasteiger partial charge is 0.353 e. The third kappa shape index (κ3) is 3.22. The van der Waals surface area contributed by atoms with Gasteiger partial charge in [0.05, 0.1) is 0 Å². The molecule has 0 bridgehead atoms. The first-order chi connectivity index (χ1) is 5.74. The topological polar surface area (TPSA) is 41.1 Å².